The zero-order valence-electron chi connectivity index (χ0n) is 29.5. The quantitative estimate of drug-likeness (QED) is 0.156. The maximum Gasteiger partial charge on any atom is 0.305 e. The molecule has 6 rings (SSSR count). The summed E-state index contributed by atoms with van der Waals surface area (Å²) in [7, 11) is -2.33. The smallest absolute Gasteiger partial charge is 0.305 e. The summed E-state index contributed by atoms with van der Waals surface area (Å²) in [6.45, 7) is 3.71. The van der Waals surface area contributed by atoms with E-state index in [1.807, 2.05) is 62.4 Å². The summed E-state index contributed by atoms with van der Waals surface area (Å²) in [5, 5.41) is 28.8. The highest BCUT2D eigenvalue weighted by molar-refractivity contribution is 7.92. The Labute approximate surface area is 306 Å². The Morgan fingerprint density at radius 2 is 1.28 bits per heavy atom. The third kappa shape index (κ3) is 11.9. The van der Waals surface area contributed by atoms with Gasteiger partial charge in [-0.3, -0.25) is 24.7 Å². The molecule has 6 aromatic rings. The number of halogens is 1. The summed E-state index contributed by atoms with van der Waals surface area (Å²) in [5.74, 6) is -1.87. The fraction of sp³-hybridized carbons (Fsp3) is 0.237. The van der Waals surface area contributed by atoms with Gasteiger partial charge in [-0.1, -0.05) is 50.3 Å². The molecule has 0 saturated heterocycles. The van der Waals surface area contributed by atoms with Gasteiger partial charge in [-0.25, -0.2) is 27.1 Å². The average molecular weight is 742 g/mol. The van der Waals surface area contributed by atoms with Crippen molar-refractivity contribution in [1.82, 2.24) is 29.9 Å². The first-order chi connectivity index (χ1) is 25.2. The Morgan fingerprint density at radius 1 is 0.811 bits per heavy atom. The van der Waals surface area contributed by atoms with Crippen molar-refractivity contribution in [2.24, 2.45) is 0 Å². The molecule has 3 heterocycles. The van der Waals surface area contributed by atoms with E-state index in [9.17, 15) is 27.8 Å². The number of aliphatic carboxylic acids is 1. The molecule has 15 heteroatoms. The Balaban J connectivity index is 0.000000248. The number of carbonyl (C=O) groups is 1. The second-order valence-electron chi connectivity index (χ2n) is 12.1. The van der Waals surface area contributed by atoms with E-state index in [1.165, 1.54) is 43.5 Å². The van der Waals surface area contributed by atoms with Crippen LogP contribution in [0.4, 0.5) is 10.3 Å². The molecular weight excluding hydrogens is 702 g/mol. The van der Waals surface area contributed by atoms with Gasteiger partial charge in [0.1, 0.15) is 5.82 Å². The van der Waals surface area contributed by atoms with Gasteiger partial charge in [-0.05, 0) is 54.4 Å². The number of aromatic nitrogens is 6. The first kappa shape index (κ1) is 40.0. The van der Waals surface area contributed by atoms with E-state index < -0.39 is 40.4 Å². The second kappa shape index (κ2) is 18.6. The fourth-order valence-corrected chi connectivity index (χ4v) is 5.24. The Bertz CT molecular complexity index is 2070. The van der Waals surface area contributed by atoms with Crippen LogP contribution in [0.3, 0.4) is 0 Å². The van der Waals surface area contributed by atoms with E-state index in [-0.39, 0.29) is 18.3 Å². The normalized spacial score (nSPS) is 12.5. The van der Waals surface area contributed by atoms with Gasteiger partial charge in [0, 0.05) is 49.4 Å². The third-order valence-electron chi connectivity index (χ3n) is 7.57. The first-order valence-corrected chi connectivity index (χ1v) is 18.3. The molecule has 3 aromatic heterocycles. The molecule has 3 N–H and O–H groups in total. The van der Waals surface area contributed by atoms with E-state index in [0.29, 0.717) is 22.5 Å². The number of para-hydroxylation sites is 4. The molecule has 0 aliphatic rings. The number of sulfonamides is 1. The van der Waals surface area contributed by atoms with Crippen LogP contribution >= 0.6 is 0 Å². The molecule has 276 valence electrons. The van der Waals surface area contributed by atoms with Crippen LogP contribution in [0.5, 0.6) is 0 Å². The summed E-state index contributed by atoms with van der Waals surface area (Å²) < 4.78 is 38.6. The predicted molar refractivity (Wildman–Crippen MR) is 202 cm³/mol. The van der Waals surface area contributed by atoms with Gasteiger partial charge in [-0.2, -0.15) is 0 Å². The van der Waals surface area contributed by atoms with Crippen molar-refractivity contribution in [3.8, 4) is 11.3 Å². The minimum Gasteiger partial charge on any atom is -0.481 e. The highest BCUT2D eigenvalue weighted by Crippen LogP contribution is 2.31. The van der Waals surface area contributed by atoms with Crippen molar-refractivity contribution < 1.29 is 32.9 Å². The number of aliphatic hydroxyl groups excluding tert-OH is 2. The van der Waals surface area contributed by atoms with Crippen LogP contribution < -0.4 is 4.31 Å². The maximum atomic E-state index is 13.5. The van der Waals surface area contributed by atoms with Gasteiger partial charge in [0.05, 0.1) is 58.3 Å². The molecule has 0 aliphatic heterocycles. The molecule has 0 amide bonds. The number of hydrogen-bond acceptors (Lipinski definition) is 11. The lowest BCUT2D eigenvalue weighted by molar-refractivity contribution is -0.139. The highest BCUT2D eigenvalue weighted by atomic mass is 32.2. The van der Waals surface area contributed by atoms with E-state index in [4.69, 9.17) is 5.11 Å². The van der Waals surface area contributed by atoms with Crippen molar-refractivity contribution in [2.45, 2.75) is 44.8 Å². The molecule has 2 atom stereocenters. The molecule has 0 bridgehead atoms. The molecular formula is C38H40FN7O6S. The van der Waals surface area contributed by atoms with Crippen LogP contribution in [0.15, 0.2) is 104 Å². The lowest BCUT2D eigenvalue weighted by Gasteiger charge is -2.20. The average Bonchev–Trinajstić information content (AvgIpc) is 3.13. The van der Waals surface area contributed by atoms with Gasteiger partial charge in [0.15, 0.2) is 0 Å². The fourth-order valence-electron chi connectivity index (χ4n) is 4.86. The van der Waals surface area contributed by atoms with Crippen molar-refractivity contribution in [1.29, 1.82) is 0 Å². The summed E-state index contributed by atoms with van der Waals surface area (Å²) in [4.78, 5) is 36.0. The number of carboxylic acids is 1. The standard InChI is InChI=1S/C22H28FN3O6S.2C8H6N2/c1-13(2)20-18(10-9-16(27)11-17(28)12-19(29)30)21(14-5-7-15(23)8-6-14)25-22(24-20)26(3)33(4,31)32;2*1-2-4-8-7(3-1)9-5-6-10-8/h5-10,13,16-17,27-28H,11-12H2,1-4H3,(H,29,30);2*1-6H/b10-9+;;/t16-,17-;;/m1../s1. The zero-order chi connectivity index (χ0) is 38.5. The lowest BCUT2D eigenvalue weighted by Crippen LogP contribution is -2.27. The number of nitrogens with zero attached hydrogens (tertiary/aromatic N) is 7. The van der Waals surface area contributed by atoms with Crippen molar-refractivity contribution in [2.75, 3.05) is 17.6 Å². The van der Waals surface area contributed by atoms with Crippen LogP contribution in [0.25, 0.3) is 39.4 Å². The number of benzene rings is 3. The van der Waals surface area contributed by atoms with Crippen molar-refractivity contribution in [3.63, 3.8) is 0 Å². The van der Waals surface area contributed by atoms with Gasteiger partial charge in [0.25, 0.3) is 0 Å². The monoisotopic (exact) mass is 741 g/mol. The number of aliphatic hydroxyl groups is 2. The summed E-state index contributed by atoms with van der Waals surface area (Å²) >= 11 is 0. The largest absolute Gasteiger partial charge is 0.481 e. The minimum atomic E-state index is -3.65. The third-order valence-corrected chi connectivity index (χ3v) is 8.73. The molecule has 0 radical (unpaired) electrons. The van der Waals surface area contributed by atoms with E-state index in [0.717, 1.165) is 32.6 Å². The summed E-state index contributed by atoms with van der Waals surface area (Å²) in [5.41, 5.74) is 5.60. The molecule has 13 nitrogen and oxygen atoms in total. The van der Waals surface area contributed by atoms with Crippen LogP contribution in [0, 0.1) is 5.82 Å². The highest BCUT2D eigenvalue weighted by Gasteiger charge is 2.22. The number of hydrogen-bond donors (Lipinski definition) is 3. The Kier molecular flexibility index (Phi) is 14.1. The van der Waals surface area contributed by atoms with Gasteiger partial charge in [-0.15, -0.1) is 0 Å². The van der Waals surface area contributed by atoms with Crippen LogP contribution in [-0.2, 0) is 14.8 Å². The summed E-state index contributed by atoms with van der Waals surface area (Å²) in [6, 6.07) is 21.1. The topological polar surface area (TPSA) is 192 Å². The summed E-state index contributed by atoms with van der Waals surface area (Å²) in [6.07, 6.45) is 7.65. The molecule has 0 aliphatic carbocycles. The molecule has 0 fully saturated rings. The molecule has 53 heavy (non-hydrogen) atoms. The Hall–Kier alpha value is -5.77. The SMILES string of the molecule is CC(C)c1nc(N(C)S(C)(=O)=O)nc(-c2ccc(F)cc2)c1/C=C/[C@@H](O)C[C@@H](O)CC(=O)O.c1ccc2nccnc2c1.c1ccc2nccnc2c1. The zero-order valence-corrected chi connectivity index (χ0v) is 30.3. The minimum absolute atomic E-state index is 0.0601. The lowest BCUT2D eigenvalue weighted by atomic mass is 9.97. The van der Waals surface area contributed by atoms with Crippen LogP contribution in [-0.4, -0.2) is 85.1 Å². The van der Waals surface area contributed by atoms with Crippen LogP contribution in [0.1, 0.15) is 43.9 Å². The van der Waals surface area contributed by atoms with Gasteiger partial charge < -0.3 is 15.3 Å². The second-order valence-corrected chi connectivity index (χ2v) is 14.1. The number of anilines is 1. The molecule has 0 unspecified atom stereocenters. The first-order valence-electron chi connectivity index (χ1n) is 16.4. The van der Waals surface area contributed by atoms with E-state index in [2.05, 4.69) is 29.9 Å². The van der Waals surface area contributed by atoms with E-state index in [1.54, 1.807) is 24.8 Å². The van der Waals surface area contributed by atoms with Crippen LogP contribution in [0.2, 0.25) is 0 Å². The number of rotatable bonds is 10. The molecule has 0 saturated carbocycles. The van der Waals surface area contributed by atoms with Crippen molar-refractivity contribution >= 4 is 50.1 Å². The molecule has 3 aromatic carbocycles. The Morgan fingerprint density at radius 3 is 1.70 bits per heavy atom. The number of fused-ring (bicyclic) bond motifs is 2. The van der Waals surface area contributed by atoms with Gasteiger partial charge in [0.2, 0.25) is 16.0 Å². The van der Waals surface area contributed by atoms with E-state index >= 15 is 0 Å². The van der Waals surface area contributed by atoms with Crippen molar-refractivity contribution in [3.05, 3.63) is 121 Å². The molecule has 0 spiro atoms. The van der Waals surface area contributed by atoms with Gasteiger partial charge >= 0.3 is 5.97 Å². The predicted octanol–water partition coefficient (Wildman–Crippen LogP) is 5.66. The maximum absolute atomic E-state index is 13.5. The number of carboxylic acid groups (broad SMARTS) is 1.